The van der Waals surface area contributed by atoms with Crippen LogP contribution in [0.3, 0.4) is 0 Å². The van der Waals surface area contributed by atoms with Crippen molar-refractivity contribution in [3.05, 3.63) is 68.5 Å². The van der Waals surface area contributed by atoms with E-state index < -0.39 is 0 Å². The Labute approximate surface area is 147 Å². The molecule has 0 bridgehead atoms. The van der Waals surface area contributed by atoms with E-state index in [4.69, 9.17) is 27.6 Å². The molecule has 23 heavy (non-hydrogen) atoms. The van der Waals surface area contributed by atoms with Gasteiger partial charge >= 0.3 is 0 Å². The van der Waals surface area contributed by atoms with Crippen molar-refractivity contribution in [2.75, 3.05) is 5.32 Å². The molecular formula is C16H12Cl2N2O2S. The van der Waals surface area contributed by atoms with E-state index in [1.807, 2.05) is 12.1 Å². The van der Waals surface area contributed by atoms with E-state index in [1.165, 1.54) is 11.3 Å². The van der Waals surface area contributed by atoms with Crippen LogP contribution in [0.2, 0.25) is 10.0 Å². The van der Waals surface area contributed by atoms with E-state index in [0.717, 1.165) is 10.4 Å². The molecule has 0 radical (unpaired) electrons. The van der Waals surface area contributed by atoms with Crippen molar-refractivity contribution in [1.29, 1.82) is 0 Å². The van der Waals surface area contributed by atoms with E-state index in [1.54, 1.807) is 31.3 Å². The minimum absolute atomic E-state index is 0.261. The largest absolute Gasteiger partial charge is 0.456 e. The number of nitrogens with zero attached hydrogens (tertiary/aromatic N) is 1. The van der Waals surface area contributed by atoms with Crippen LogP contribution in [0.4, 0.5) is 5.13 Å². The standard InChI is InChI=1S/C16H12Cl2N2O2S/c1-9-5-6-13(22-9)15(21)20-16-19-8-11(23-16)7-10-3-2-4-12(17)14(10)18/h2-6,8H,7H2,1H3,(H,19,20,21). The molecule has 1 amide bonds. The molecule has 0 aliphatic rings. The second kappa shape index (κ2) is 6.74. The lowest BCUT2D eigenvalue weighted by Gasteiger charge is -2.03. The van der Waals surface area contributed by atoms with E-state index in [-0.39, 0.29) is 11.7 Å². The average molecular weight is 367 g/mol. The Morgan fingerprint density at radius 3 is 2.87 bits per heavy atom. The average Bonchev–Trinajstić information content (AvgIpc) is 3.13. The van der Waals surface area contributed by atoms with Crippen LogP contribution in [0.25, 0.3) is 0 Å². The zero-order chi connectivity index (χ0) is 16.4. The van der Waals surface area contributed by atoms with Crippen LogP contribution in [0, 0.1) is 6.92 Å². The van der Waals surface area contributed by atoms with Crippen molar-refractivity contribution < 1.29 is 9.21 Å². The Morgan fingerprint density at radius 1 is 1.30 bits per heavy atom. The van der Waals surface area contributed by atoms with Crippen molar-refractivity contribution in [3.63, 3.8) is 0 Å². The molecular weight excluding hydrogens is 355 g/mol. The van der Waals surface area contributed by atoms with Crippen molar-refractivity contribution in [3.8, 4) is 0 Å². The van der Waals surface area contributed by atoms with E-state index >= 15 is 0 Å². The van der Waals surface area contributed by atoms with Gasteiger partial charge in [-0.25, -0.2) is 4.98 Å². The molecule has 1 aromatic carbocycles. The molecule has 118 valence electrons. The van der Waals surface area contributed by atoms with Gasteiger partial charge in [-0.15, -0.1) is 11.3 Å². The van der Waals surface area contributed by atoms with E-state index in [2.05, 4.69) is 10.3 Å². The maximum atomic E-state index is 12.0. The first-order chi connectivity index (χ1) is 11.0. The van der Waals surface area contributed by atoms with Crippen LogP contribution < -0.4 is 5.32 Å². The summed E-state index contributed by atoms with van der Waals surface area (Å²) < 4.78 is 5.28. The van der Waals surface area contributed by atoms with Gasteiger partial charge in [0, 0.05) is 17.5 Å². The summed E-state index contributed by atoms with van der Waals surface area (Å²) in [5, 5.41) is 4.30. The summed E-state index contributed by atoms with van der Waals surface area (Å²) in [6, 6.07) is 8.88. The number of aromatic nitrogens is 1. The number of nitrogens with one attached hydrogen (secondary N) is 1. The highest BCUT2D eigenvalue weighted by Gasteiger charge is 2.13. The topological polar surface area (TPSA) is 55.1 Å². The van der Waals surface area contributed by atoms with Gasteiger partial charge in [0.25, 0.3) is 5.91 Å². The van der Waals surface area contributed by atoms with Gasteiger partial charge in [0.05, 0.1) is 10.0 Å². The van der Waals surface area contributed by atoms with E-state index in [9.17, 15) is 4.79 Å². The van der Waals surface area contributed by atoms with Gasteiger partial charge in [0.2, 0.25) is 0 Å². The monoisotopic (exact) mass is 366 g/mol. The number of rotatable bonds is 4. The third-order valence-corrected chi connectivity index (χ3v) is 4.91. The lowest BCUT2D eigenvalue weighted by molar-refractivity contribution is 0.0995. The van der Waals surface area contributed by atoms with Gasteiger partial charge in [-0.3, -0.25) is 10.1 Å². The van der Waals surface area contributed by atoms with Crippen LogP contribution >= 0.6 is 34.5 Å². The Bertz CT molecular complexity index is 857. The first-order valence-electron chi connectivity index (χ1n) is 6.78. The van der Waals surface area contributed by atoms with Crippen LogP contribution in [-0.2, 0) is 6.42 Å². The lowest BCUT2D eigenvalue weighted by Crippen LogP contribution is -2.10. The second-order valence-electron chi connectivity index (χ2n) is 4.89. The van der Waals surface area contributed by atoms with Gasteiger partial charge in [0.15, 0.2) is 10.9 Å². The lowest BCUT2D eigenvalue weighted by atomic mass is 10.1. The number of carbonyl (C=O) groups excluding carboxylic acids is 1. The molecule has 3 aromatic rings. The van der Waals surface area contributed by atoms with Crippen molar-refractivity contribution in [2.24, 2.45) is 0 Å². The quantitative estimate of drug-likeness (QED) is 0.690. The molecule has 0 saturated carbocycles. The van der Waals surface area contributed by atoms with E-state index in [0.29, 0.717) is 27.4 Å². The van der Waals surface area contributed by atoms with Crippen LogP contribution in [0.1, 0.15) is 26.8 Å². The smallest absolute Gasteiger partial charge is 0.293 e. The number of benzene rings is 1. The predicted octanol–water partition coefficient (Wildman–Crippen LogP) is 5.19. The first-order valence-corrected chi connectivity index (χ1v) is 8.35. The minimum atomic E-state index is -0.320. The molecule has 0 saturated heterocycles. The maximum absolute atomic E-state index is 12.0. The molecule has 2 aromatic heterocycles. The van der Waals surface area contributed by atoms with Gasteiger partial charge in [-0.1, -0.05) is 35.3 Å². The number of hydrogen-bond acceptors (Lipinski definition) is 4. The Kier molecular flexibility index (Phi) is 4.71. The van der Waals surface area contributed by atoms with Crippen LogP contribution in [0.5, 0.6) is 0 Å². The maximum Gasteiger partial charge on any atom is 0.293 e. The van der Waals surface area contributed by atoms with Gasteiger partial charge in [0.1, 0.15) is 5.76 Å². The van der Waals surface area contributed by atoms with Crippen LogP contribution in [-0.4, -0.2) is 10.9 Å². The Morgan fingerprint density at radius 2 is 2.13 bits per heavy atom. The first kappa shape index (κ1) is 16.1. The number of aryl methyl sites for hydroxylation is 1. The SMILES string of the molecule is Cc1ccc(C(=O)Nc2ncc(Cc3cccc(Cl)c3Cl)s2)o1. The highest BCUT2D eigenvalue weighted by molar-refractivity contribution is 7.15. The highest BCUT2D eigenvalue weighted by Crippen LogP contribution is 2.29. The predicted molar refractivity (Wildman–Crippen MR) is 92.8 cm³/mol. The van der Waals surface area contributed by atoms with Crippen molar-refractivity contribution in [1.82, 2.24) is 4.98 Å². The molecule has 0 aliphatic heterocycles. The number of furan rings is 1. The number of carbonyl (C=O) groups is 1. The molecule has 0 aliphatic carbocycles. The van der Waals surface area contributed by atoms with Gasteiger partial charge in [-0.2, -0.15) is 0 Å². The fourth-order valence-electron chi connectivity index (χ4n) is 2.03. The van der Waals surface area contributed by atoms with Crippen molar-refractivity contribution in [2.45, 2.75) is 13.3 Å². The summed E-state index contributed by atoms with van der Waals surface area (Å²) in [6.45, 7) is 1.78. The zero-order valence-electron chi connectivity index (χ0n) is 12.1. The summed E-state index contributed by atoms with van der Waals surface area (Å²) in [5.74, 6) is 0.627. The number of hydrogen-bond donors (Lipinski definition) is 1. The summed E-state index contributed by atoms with van der Waals surface area (Å²) in [6.07, 6.45) is 2.32. The fourth-order valence-corrected chi connectivity index (χ4v) is 3.25. The van der Waals surface area contributed by atoms with Gasteiger partial charge < -0.3 is 4.42 Å². The molecule has 2 heterocycles. The van der Waals surface area contributed by atoms with Crippen LogP contribution in [0.15, 0.2) is 40.9 Å². The second-order valence-corrected chi connectivity index (χ2v) is 6.79. The molecule has 0 atom stereocenters. The summed E-state index contributed by atoms with van der Waals surface area (Å²) in [4.78, 5) is 17.2. The number of amides is 1. The molecule has 4 nitrogen and oxygen atoms in total. The molecule has 1 N–H and O–H groups in total. The summed E-state index contributed by atoms with van der Waals surface area (Å²) >= 11 is 13.6. The molecule has 0 spiro atoms. The summed E-state index contributed by atoms with van der Waals surface area (Å²) in [7, 11) is 0. The minimum Gasteiger partial charge on any atom is -0.456 e. The number of halogens is 2. The molecule has 7 heteroatoms. The zero-order valence-corrected chi connectivity index (χ0v) is 14.4. The summed E-state index contributed by atoms with van der Waals surface area (Å²) in [5.41, 5.74) is 0.919. The number of anilines is 1. The molecule has 3 rings (SSSR count). The third kappa shape index (κ3) is 3.75. The third-order valence-electron chi connectivity index (χ3n) is 3.13. The molecule has 0 fully saturated rings. The van der Waals surface area contributed by atoms with Crippen molar-refractivity contribution >= 4 is 45.6 Å². The fraction of sp³-hybridized carbons (Fsp3) is 0.125. The van der Waals surface area contributed by atoms with Gasteiger partial charge in [-0.05, 0) is 30.7 Å². The Hall–Kier alpha value is -1.82. The number of thiazole rings is 1. The molecule has 0 unspecified atom stereocenters. The normalized spacial score (nSPS) is 10.7. The highest BCUT2D eigenvalue weighted by atomic mass is 35.5. The Balaban J connectivity index is 1.71.